The number of hydrogen-bond acceptors (Lipinski definition) is 6. The Morgan fingerprint density at radius 3 is 2.27 bits per heavy atom. The first-order chi connectivity index (χ1) is 14.3. The van der Waals surface area contributed by atoms with Gasteiger partial charge in [-0.1, -0.05) is 12.1 Å². The van der Waals surface area contributed by atoms with E-state index in [1.807, 2.05) is 6.26 Å². The zero-order valence-corrected chi connectivity index (χ0v) is 17.8. The van der Waals surface area contributed by atoms with Crippen LogP contribution < -0.4 is 16.0 Å². The van der Waals surface area contributed by atoms with Gasteiger partial charge in [-0.2, -0.15) is 11.8 Å². The van der Waals surface area contributed by atoms with E-state index in [1.54, 1.807) is 0 Å². The van der Waals surface area contributed by atoms with Crippen LogP contribution >= 0.6 is 11.8 Å². The summed E-state index contributed by atoms with van der Waals surface area (Å²) in [5.74, 6) is -1.64. The number of halogens is 1. The van der Waals surface area contributed by atoms with Gasteiger partial charge in [0.2, 0.25) is 17.7 Å². The van der Waals surface area contributed by atoms with E-state index in [-0.39, 0.29) is 25.3 Å². The van der Waals surface area contributed by atoms with E-state index in [1.165, 1.54) is 43.0 Å². The maximum atomic E-state index is 13.0. The topological polar surface area (TPSA) is 128 Å². The summed E-state index contributed by atoms with van der Waals surface area (Å²) in [7, 11) is 0. The molecule has 0 bridgehead atoms. The minimum atomic E-state index is -1.02. The third kappa shape index (κ3) is 9.64. The second-order valence-corrected chi connectivity index (χ2v) is 7.57. The molecule has 1 aromatic carbocycles. The van der Waals surface area contributed by atoms with Crippen molar-refractivity contribution in [2.24, 2.45) is 0 Å². The second-order valence-electron chi connectivity index (χ2n) is 6.59. The Balaban J connectivity index is 2.82. The van der Waals surface area contributed by atoms with Gasteiger partial charge in [-0.05, 0) is 42.5 Å². The summed E-state index contributed by atoms with van der Waals surface area (Å²) in [4.78, 5) is 48.1. The van der Waals surface area contributed by atoms with Crippen LogP contribution in [0, 0.1) is 11.2 Å². The van der Waals surface area contributed by atoms with Gasteiger partial charge in [0.25, 0.3) is 0 Å². The molecule has 0 heterocycles. The monoisotopic (exact) mass is 438 g/mol. The van der Waals surface area contributed by atoms with Gasteiger partial charge in [0.15, 0.2) is 5.78 Å². The normalized spacial score (nSPS) is 12.4. The van der Waals surface area contributed by atoms with Crippen LogP contribution in [-0.4, -0.2) is 53.8 Å². The molecule has 0 aliphatic carbocycles. The van der Waals surface area contributed by atoms with Crippen LogP contribution in [0.25, 0.3) is 0 Å². The van der Waals surface area contributed by atoms with E-state index in [9.17, 15) is 23.6 Å². The highest BCUT2D eigenvalue weighted by molar-refractivity contribution is 7.98. The van der Waals surface area contributed by atoms with Crippen molar-refractivity contribution >= 4 is 41.5 Å². The molecule has 0 radical (unpaired) electrons. The molecule has 1 aromatic rings. The first-order valence-corrected chi connectivity index (χ1v) is 10.8. The van der Waals surface area contributed by atoms with Crippen molar-refractivity contribution in [2.45, 2.75) is 44.8 Å². The summed E-state index contributed by atoms with van der Waals surface area (Å²) >= 11 is 1.52. The highest BCUT2D eigenvalue weighted by atomic mass is 32.2. The zero-order valence-electron chi connectivity index (χ0n) is 17.0. The van der Waals surface area contributed by atoms with Crippen LogP contribution in [-0.2, 0) is 25.7 Å². The number of carbonyl (C=O) groups is 4. The van der Waals surface area contributed by atoms with Crippen LogP contribution in [0.15, 0.2) is 24.3 Å². The average molecular weight is 439 g/mol. The quantitative estimate of drug-likeness (QED) is 0.344. The lowest BCUT2D eigenvalue weighted by molar-refractivity contribution is -0.132. The Morgan fingerprint density at radius 2 is 1.70 bits per heavy atom. The number of Topliss-reactive ketones (excluding diaryl/α,β-unsaturated/α-hetero) is 1. The molecule has 0 aromatic heterocycles. The molecular weight excluding hydrogens is 411 g/mol. The number of nitrogens with one attached hydrogen (secondary N) is 4. The summed E-state index contributed by atoms with van der Waals surface area (Å²) in [5, 5.41) is 14.8. The van der Waals surface area contributed by atoms with Crippen molar-refractivity contribution in [3.8, 4) is 0 Å². The van der Waals surface area contributed by atoms with Crippen LogP contribution in [0.5, 0.6) is 0 Å². The van der Waals surface area contributed by atoms with E-state index in [2.05, 4.69) is 16.0 Å². The summed E-state index contributed by atoms with van der Waals surface area (Å²) in [6.45, 7) is 1.42. The maximum Gasteiger partial charge on any atom is 0.243 e. The Kier molecular flexibility index (Phi) is 11.4. The first-order valence-electron chi connectivity index (χ1n) is 9.38. The third-order valence-electron chi connectivity index (χ3n) is 4.16. The van der Waals surface area contributed by atoms with Crippen molar-refractivity contribution < 1.29 is 23.6 Å². The zero-order chi connectivity index (χ0) is 22.5. The lowest BCUT2D eigenvalue weighted by atomic mass is 10.1. The number of amides is 3. The van der Waals surface area contributed by atoms with E-state index in [0.29, 0.717) is 24.0 Å². The third-order valence-corrected chi connectivity index (χ3v) is 4.80. The Bertz CT molecular complexity index is 758. The van der Waals surface area contributed by atoms with Crippen LogP contribution in [0.2, 0.25) is 0 Å². The molecule has 30 heavy (non-hydrogen) atoms. The molecule has 10 heteroatoms. The van der Waals surface area contributed by atoms with Gasteiger partial charge in [0, 0.05) is 19.9 Å². The Morgan fingerprint density at radius 1 is 1.07 bits per heavy atom. The van der Waals surface area contributed by atoms with Crippen molar-refractivity contribution in [2.75, 3.05) is 12.0 Å². The minimum absolute atomic E-state index is 0.00449. The van der Waals surface area contributed by atoms with Gasteiger partial charge in [-0.15, -0.1) is 0 Å². The molecule has 0 saturated carbocycles. The Labute approximate surface area is 179 Å². The summed E-state index contributed by atoms with van der Waals surface area (Å²) in [6.07, 6.45) is 2.83. The molecule has 0 aliphatic rings. The maximum absolute atomic E-state index is 13.0. The summed E-state index contributed by atoms with van der Waals surface area (Å²) in [6, 6.07) is 3.77. The molecule has 1 rings (SSSR count). The lowest BCUT2D eigenvalue weighted by Crippen LogP contribution is -2.53. The van der Waals surface area contributed by atoms with Gasteiger partial charge in [0.1, 0.15) is 17.9 Å². The fourth-order valence-corrected chi connectivity index (χ4v) is 3.04. The van der Waals surface area contributed by atoms with Crippen molar-refractivity contribution in [3.63, 3.8) is 0 Å². The molecule has 0 aliphatic heterocycles. The summed E-state index contributed by atoms with van der Waals surface area (Å²) < 4.78 is 13.0. The fourth-order valence-electron chi connectivity index (χ4n) is 2.56. The number of thioether (sulfide) groups is 1. The van der Waals surface area contributed by atoms with E-state index in [4.69, 9.17) is 5.41 Å². The van der Waals surface area contributed by atoms with E-state index < -0.39 is 35.5 Å². The number of ketones is 1. The number of hydrogen-bond donors (Lipinski definition) is 4. The molecule has 4 N–H and O–H groups in total. The molecule has 0 spiro atoms. The minimum Gasteiger partial charge on any atom is -0.350 e. The lowest BCUT2D eigenvalue weighted by Gasteiger charge is -2.22. The number of benzene rings is 1. The van der Waals surface area contributed by atoms with Gasteiger partial charge in [0.05, 0.1) is 6.21 Å². The predicted molar refractivity (Wildman–Crippen MR) is 114 cm³/mol. The molecular formula is C20H27FN4O4S. The van der Waals surface area contributed by atoms with Crippen LogP contribution in [0.4, 0.5) is 4.39 Å². The van der Waals surface area contributed by atoms with Crippen molar-refractivity contribution in [1.82, 2.24) is 16.0 Å². The highest BCUT2D eigenvalue weighted by Gasteiger charge is 2.26. The molecule has 0 fully saturated rings. The molecule has 0 unspecified atom stereocenters. The number of carbonyl (C=O) groups excluding carboxylic acids is 4. The summed E-state index contributed by atoms with van der Waals surface area (Å²) in [5.41, 5.74) is 0.668. The Hall–Kier alpha value is -2.75. The van der Waals surface area contributed by atoms with Crippen molar-refractivity contribution in [1.29, 1.82) is 5.41 Å². The van der Waals surface area contributed by atoms with E-state index >= 15 is 0 Å². The molecule has 3 amide bonds. The van der Waals surface area contributed by atoms with Crippen LogP contribution in [0.3, 0.4) is 0 Å². The van der Waals surface area contributed by atoms with Gasteiger partial charge in [-0.3, -0.25) is 19.2 Å². The molecule has 8 nitrogen and oxygen atoms in total. The van der Waals surface area contributed by atoms with E-state index in [0.717, 1.165) is 0 Å². The molecule has 164 valence electrons. The fraction of sp³-hybridized carbons (Fsp3) is 0.450. The number of rotatable bonds is 13. The first kappa shape index (κ1) is 25.3. The molecule has 2 atom stereocenters. The molecule has 0 saturated heterocycles. The van der Waals surface area contributed by atoms with Gasteiger partial charge < -0.3 is 21.4 Å². The van der Waals surface area contributed by atoms with Gasteiger partial charge >= 0.3 is 0 Å². The standard InChI is InChI=1S/C20H27FN4O4S/c1-13(26)24-18(9-10-30-2)20(29)25-17(8-7-16(27)11-22)19(28)23-12-14-3-5-15(21)6-4-14/h3-6,11,17-18,22H,7-10,12H2,1-2H3,(H,23,28)(H,24,26)(H,25,29)/t17-,18-/m0/s1. The average Bonchev–Trinajstić information content (AvgIpc) is 2.72. The second kappa shape index (κ2) is 13.5. The van der Waals surface area contributed by atoms with Crippen LogP contribution in [0.1, 0.15) is 31.7 Å². The smallest absolute Gasteiger partial charge is 0.243 e. The van der Waals surface area contributed by atoms with Gasteiger partial charge in [-0.25, -0.2) is 4.39 Å². The largest absolute Gasteiger partial charge is 0.350 e. The predicted octanol–water partition coefficient (Wildman–Crippen LogP) is 1.18. The SMILES string of the molecule is CSCC[C@H](NC(C)=O)C(=O)N[C@@H](CCC(=O)C=N)C(=O)NCc1ccc(F)cc1. The highest BCUT2D eigenvalue weighted by Crippen LogP contribution is 2.06. The van der Waals surface area contributed by atoms with Crippen molar-refractivity contribution in [3.05, 3.63) is 35.6 Å².